The monoisotopic (exact) mass is 295 g/mol. The third kappa shape index (κ3) is 2.45. The summed E-state index contributed by atoms with van der Waals surface area (Å²) in [5.41, 5.74) is -0.533. The summed E-state index contributed by atoms with van der Waals surface area (Å²) in [5.74, 6) is 2.17. The van der Waals surface area contributed by atoms with Crippen LogP contribution in [0.15, 0.2) is 0 Å². The molecular formula is C17H29NO3. The van der Waals surface area contributed by atoms with E-state index in [1.807, 2.05) is 32.6 Å². The molecule has 21 heavy (non-hydrogen) atoms. The highest BCUT2D eigenvalue weighted by Crippen LogP contribution is 2.63. The van der Waals surface area contributed by atoms with Crippen LogP contribution in [0.25, 0.3) is 0 Å². The van der Waals surface area contributed by atoms with Crippen LogP contribution in [0.4, 0.5) is 4.79 Å². The lowest BCUT2D eigenvalue weighted by Gasteiger charge is -2.46. The van der Waals surface area contributed by atoms with Gasteiger partial charge in [-0.1, -0.05) is 0 Å². The van der Waals surface area contributed by atoms with E-state index >= 15 is 0 Å². The fourth-order valence-electron chi connectivity index (χ4n) is 5.34. The smallest absolute Gasteiger partial charge is 0.411 e. The molecule has 4 saturated carbocycles. The normalized spacial score (nSPS) is 38.6. The van der Waals surface area contributed by atoms with Gasteiger partial charge in [0.05, 0.1) is 18.2 Å². The molecule has 1 N–H and O–H groups in total. The van der Waals surface area contributed by atoms with Crippen LogP contribution in [0.5, 0.6) is 0 Å². The zero-order valence-electron chi connectivity index (χ0n) is 13.8. The molecule has 0 aromatic heterocycles. The number of nitrogens with zero attached hydrogens (tertiary/aromatic N) is 1. The van der Waals surface area contributed by atoms with E-state index < -0.39 is 5.60 Å². The van der Waals surface area contributed by atoms with E-state index in [0.717, 1.165) is 24.7 Å². The Bertz CT molecular complexity index is 414. The van der Waals surface area contributed by atoms with E-state index in [0.29, 0.717) is 5.92 Å². The zero-order chi connectivity index (χ0) is 15.4. The molecule has 0 radical (unpaired) electrons. The second kappa shape index (κ2) is 4.87. The van der Waals surface area contributed by atoms with Gasteiger partial charge in [-0.2, -0.15) is 0 Å². The Morgan fingerprint density at radius 3 is 2.33 bits per heavy atom. The van der Waals surface area contributed by atoms with Crippen LogP contribution in [-0.2, 0) is 4.74 Å². The van der Waals surface area contributed by atoms with Crippen molar-refractivity contribution in [2.45, 2.75) is 77.0 Å². The second-order valence-corrected chi connectivity index (χ2v) is 8.53. The molecule has 120 valence electrons. The second-order valence-electron chi connectivity index (χ2n) is 8.53. The Morgan fingerprint density at radius 1 is 1.29 bits per heavy atom. The number of rotatable bonds is 3. The minimum absolute atomic E-state index is 0.00302. The average molecular weight is 295 g/mol. The first-order chi connectivity index (χ1) is 9.75. The number of ether oxygens (including phenoxy) is 1. The average Bonchev–Trinajstić information content (AvgIpc) is 2.72. The first-order valence-electron chi connectivity index (χ1n) is 8.38. The van der Waals surface area contributed by atoms with Gasteiger partial charge < -0.3 is 9.84 Å². The van der Waals surface area contributed by atoms with Gasteiger partial charge >= 0.3 is 6.09 Å². The quantitative estimate of drug-likeness (QED) is 0.870. The van der Waals surface area contributed by atoms with Gasteiger partial charge in [0.15, 0.2) is 0 Å². The van der Waals surface area contributed by atoms with Crippen molar-refractivity contribution < 1.29 is 14.6 Å². The number of aliphatic hydroxyl groups excluding tert-OH is 1. The van der Waals surface area contributed by atoms with E-state index in [-0.39, 0.29) is 24.3 Å². The van der Waals surface area contributed by atoms with Gasteiger partial charge in [0, 0.05) is 0 Å². The number of carbonyl (C=O) groups excluding carboxylic acids is 1. The largest absolute Gasteiger partial charge is 0.444 e. The summed E-state index contributed by atoms with van der Waals surface area (Å²) in [5, 5.41) is 9.66. The minimum Gasteiger partial charge on any atom is -0.444 e. The lowest BCUT2D eigenvalue weighted by molar-refractivity contribution is -0.0347. The van der Waals surface area contributed by atoms with Gasteiger partial charge in [-0.05, 0) is 77.6 Å². The van der Waals surface area contributed by atoms with Crippen LogP contribution >= 0.6 is 0 Å². The summed E-state index contributed by atoms with van der Waals surface area (Å²) >= 11 is 0. The zero-order valence-corrected chi connectivity index (χ0v) is 13.8. The third-order valence-corrected chi connectivity index (χ3v) is 5.72. The van der Waals surface area contributed by atoms with Gasteiger partial charge in [-0.15, -0.1) is 0 Å². The molecule has 4 bridgehead atoms. The molecule has 3 atom stereocenters. The number of hydrogen-bond donors (Lipinski definition) is 1. The SMILES string of the molecule is C[C@@H](CO)N(C(=O)OC(C)(C)C)C12CC3CC(CC1C3)C2. The Hall–Kier alpha value is -0.770. The first kappa shape index (κ1) is 15.1. The molecule has 4 aliphatic carbocycles. The van der Waals surface area contributed by atoms with Crippen molar-refractivity contribution in [3.63, 3.8) is 0 Å². The number of aliphatic hydroxyl groups is 1. The van der Waals surface area contributed by atoms with E-state index in [2.05, 4.69) is 0 Å². The highest BCUT2D eigenvalue weighted by Gasteiger charge is 2.62. The lowest BCUT2D eigenvalue weighted by Crippen LogP contribution is -2.58. The van der Waals surface area contributed by atoms with Crippen molar-refractivity contribution in [3.05, 3.63) is 0 Å². The molecule has 0 saturated heterocycles. The van der Waals surface area contributed by atoms with Crippen LogP contribution in [0.1, 0.15) is 59.8 Å². The molecule has 0 aromatic rings. The topological polar surface area (TPSA) is 49.8 Å². The number of amides is 1. The molecule has 0 spiro atoms. The molecule has 4 fully saturated rings. The molecular weight excluding hydrogens is 266 g/mol. The maximum absolute atomic E-state index is 12.8. The summed E-state index contributed by atoms with van der Waals surface area (Å²) in [6.07, 6.45) is 5.84. The van der Waals surface area contributed by atoms with Crippen LogP contribution in [-0.4, -0.2) is 39.9 Å². The third-order valence-electron chi connectivity index (χ3n) is 5.72. The maximum Gasteiger partial charge on any atom is 0.411 e. The highest BCUT2D eigenvalue weighted by molar-refractivity contribution is 5.70. The van der Waals surface area contributed by atoms with E-state index in [1.165, 1.54) is 19.3 Å². The van der Waals surface area contributed by atoms with Crippen molar-refractivity contribution in [2.75, 3.05) is 6.61 Å². The van der Waals surface area contributed by atoms with Gasteiger partial charge in [0.25, 0.3) is 0 Å². The number of carbonyl (C=O) groups is 1. The molecule has 2 unspecified atom stereocenters. The van der Waals surface area contributed by atoms with Gasteiger partial charge in [0.2, 0.25) is 0 Å². The van der Waals surface area contributed by atoms with Crippen molar-refractivity contribution in [3.8, 4) is 0 Å². The summed E-state index contributed by atoms with van der Waals surface area (Å²) in [6, 6.07) is -0.169. The number of hydrogen-bond acceptors (Lipinski definition) is 3. The molecule has 1 amide bonds. The molecule has 0 aromatic carbocycles. The van der Waals surface area contributed by atoms with Gasteiger partial charge in [-0.3, -0.25) is 4.90 Å². The predicted octanol–water partition coefficient (Wildman–Crippen LogP) is 3.18. The van der Waals surface area contributed by atoms with Gasteiger partial charge in [0.1, 0.15) is 5.60 Å². The minimum atomic E-state index is -0.489. The van der Waals surface area contributed by atoms with Crippen LogP contribution in [0, 0.1) is 17.8 Å². The van der Waals surface area contributed by atoms with E-state index in [4.69, 9.17) is 4.74 Å². The summed E-state index contributed by atoms with van der Waals surface area (Å²) in [7, 11) is 0. The molecule has 0 heterocycles. The molecule has 4 aliphatic rings. The van der Waals surface area contributed by atoms with Crippen molar-refractivity contribution >= 4 is 6.09 Å². The first-order valence-corrected chi connectivity index (χ1v) is 8.38. The van der Waals surface area contributed by atoms with Crippen molar-refractivity contribution in [2.24, 2.45) is 17.8 Å². The Morgan fingerprint density at radius 2 is 1.86 bits per heavy atom. The molecule has 4 nitrogen and oxygen atoms in total. The Balaban J connectivity index is 1.88. The van der Waals surface area contributed by atoms with Crippen molar-refractivity contribution in [1.82, 2.24) is 4.90 Å². The Kier molecular flexibility index (Phi) is 3.51. The van der Waals surface area contributed by atoms with Gasteiger partial charge in [-0.25, -0.2) is 4.79 Å². The molecule has 4 rings (SSSR count). The Labute approximate surface area is 127 Å². The highest BCUT2D eigenvalue weighted by atomic mass is 16.6. The fraction of sp³-hybridized carbons (Fsp3) is 0.941. The predicted molar refractivity (Wildman–Crippen MR) is 80.9 cm³/mol. The van der Waals surface area contributed by atoms with Crippen LogP contribution < -0.4 is 0 Å². The fourth-order valence-corrected chi connectivity index (χ4v) is 5.34. The molecule has 4 heteroatoms. The van der Waals surface area contributed by atoms with E-state index in [1.54, 1.807) is 0 Å². The standard InChI is InChI=1S/C17H29NO3/c1-11(10-19)18(15(20)21-16(2,3)4)17-8-12-5-13(9-17)7-14(17)6-12/h11-14,19H,5-10H2,1-4H3/t11-,12?,13?,14?,17?/m0/s1. The summed E-state index contributed by atoms with van der Waals surface area (Å²) in [4.78, 5) is 14.7. The summed E-state index contributed by atoms with van der Waals surface area (Å²) < 4.78 is 5.66. The van der Waals surface area contributed by atoms with Crippen molar-refractivity contribution in [1.29, 1.82) is 0 Å². The van der Waals surface area contributed by atoms with E-state index in [9.17, 15) is 9.90 Å². The molecule has 0 aliphatic heterocycles. The lowest BCUT2D eigenvalue weighted by atomic mass is 9.79. The van der Waals surface area contributed by atoms with Crippen LogP contribution in [0.2, 0.25) is 0 Å². The summed E-state index contributed by atoms with van der Waals surface area (Å²) in [6.45, 7) is 7.66. The maximum atomic E-state index is 12.8. The van der Waals surface area contributed by atoms with Crippen LogP contribution in [0.3, 0.4) is 0 Å².